The van der Waals surface area contributed by atoms with Crippen molar-refractivity contribution in [3.8, 4) is 0 Å². The van der Waals surface area contributed by atoms with Crippen molar-refractivity contribution >= 4 is 22.9 Å². The first kappa shape index (κ1) is 24.1. The molecule has 0 saturated carbocycles. The van der Waals surface area contributed by atoms with Gasteiger partial charge in [-0.2, -0.15) is 26.3 Å². The van der Waals surface area contributed by atoms with Gasteiger partial charge in [0, 0.05) is 11.9 Å². The number of benzene rings is 1. The molecule has 0 bridgehead atoms. The number of aromatic nitrogens is 2. The summed E-state index contributed by atoms with van der Waals surface area (Å²) < 4.78 is 81.3. The Balaban J connectivity index is 2.05. The highest BCUT2D eigenvalue weighted by Gasteiger charge is 2.43. The lowest BCUT2D eigenvalue weighted by Gasteiger charge is -2.23. The second kappa shape index (κ2) is 8.41. The maximum Gasteiger partial charge on any atom is 0.416 e. The van der Waals surface area contributed by atoms with E-state index in [9.17, 15) is 41.0 Å². The molecule has 0 aliphatic carbocycles. The summed E-state index contributed by atoms with van der Waals surface area (Å²) in [5.74, 6) is -2.47. The van der Waals surface area contributed by atoms with Crippen molar-refractivity contribution in [2.24, 2.45) is 0 Å². The van der Waals surface area contributed by atoms with E-state index < -0.39 is 41.4 Å². The van der Waals surface area contributed by atoms with E-state index in [4.69, 9.17) is 0 Å². The number of amides is 1. The third-order valence-electron chi connectivity index (χ3n) is 4.99. The van der Waals surface area contributed by atoms with Crippen molar-refractivity contribution in [1.82, 2.24) is 14.9 Å². The van der Waals surface area contributed by atoms with Crippen molar-refractivity contribution in [3.05, 3.63) is 64.5 Å². The molecule has 0 aliphatic rings. The summed E-state index contributed by atoms with van der Waals surface area (Å²) in [6.45, 7) is 3.15. The molecular weight excluding hydrogens is 456 g/mol. The zero-order chi connectivity index (χ0) is 24.7. The lowest BCUT2D eigenvalue weighted by molar-refractivity contribution is -0.156. The number of pyridine rings is 1. The summed E-state index contributed by atoms with van der Waals surface area (Å²) in [4.78, 5) is 28.3. The predicted octanol–water partition coefficient (Wildman–Crippen LogP) is 5.12. The summed E-state index contributed by atoms with van der Waals surface area (Å²) in [6, 6.07) is 2.35. The average Bonchev–Trinajstić information content (AvgIpc) is 3.07. The van der Waals surface area contributed by atoms with Crippen LogP contribution in [0.2, 0.25) is 0 Å². The molecular formula is C21H17F6N3O3. The lowest BCUT2D eigenvalue weighted by atomic mass is 10.0. The molecule has 2 N–H and O–H groups in total. The van der Waals surface area contributed by atoms with Gasteiger partial charge < -0.3 is 15.0 Å². The van der Waals surface area contributed by atoms with Gasteiger partial charge in [-0.25, -0.2) is 9.78 Å². The van der Waals surface area contributed by atoms with Crippen LogP contribution in [0, 0.1) is 6.92 Å². The van der Waals surface area contributed by atoms with E-state index in [1.807, 2.05) is 0 Å². The molecule has 0 saturated heterocycles. The van der Waals surface area contributed by atoms with E-state index in [0.29, 0.717) is 12.1 Å². The Hall–Kier alpha value is -3.57. The maximum atomic E-state index is 13.7. The summed E-state index contributed by atoms with van der Waals surface area (Å²) >= 11 is 0. The second-order valence-electron chi connectivity index (χ2n) is 7.18. The largest absolute Gasteiger partial charge is 0.478 e. The Kier molecular flexibility index (Phi) is 6.14. The van der Waals surface area contributed by atoms with Crippen molar-refractivity contribution < 1.29 is 41.0 Å². The summed E-state index contributed by atoms with van der Waals surface area (Å²) in [6.07, 6.45) is -9.95. The number of carboxylic acid groups (broad SMARTS) is 1. The highest BCUT2D eigenvalue weighted by Crippen LogP contribution is 2.36. The third-order valence-corrected chi connectivity index (χ3v) is 4.99. The van der Waals surface area contributed by atoms with E-state index in [1.54, 1.807) is 12.2 Å². The van der Waals surface area contributed by atoms with Gasteiger partial charge in [-0.15, -0.1) is 0 Å². The number of nitrogens with one attached hydrogen (secondary N) is 1. The standard InChI is InChI=1S/C21H17F6N3O3/c1-3-30-15(9-12-8-14(19(32)33)10(2)28-17(12)30)18(31)29-16(21(25,26)27)11-5-4-6-13(7-11)20(22,23)24/h4-9,16H,3H2,1-2H3,(H,29,31)(H,32,33). The van der Waals surface area contributed by atoms with E-state index in [-0.39, 0.29) is 34.5 Å². The number of nitrogens with zero attached hydrogens (tertiary/aromatic N) is 2. The van der Waals surface area contributed by atoms with Gasteiger partial charge in [0.1, 0.15) is 11.3 Å². The smallest absolute Gasteiger partial charge is 0.416 e. The Morgan fingerprint density at radius 2 is 1.79 bits per heavy atom. The number of hydrogen-bond acceptors (Lipinski definition) is 3. The molecule has 3 rings (SSSR count). The highest BCUT2D eigenvalue weighted by atomic mass is 19.4. The quantitative estimate of drug-likeness (QED) is 0.504. The van der Waals surface area contributed by atoms with Crippen molar-refractivity contribution in [1.29, 1.82) is 0 Å². The number of carbonyl (C=O) groups is 2. The predicted molar refractivity (Wildman–Crippen MR) is 105 cm³/mol. The zero-order valence-corrected chi connectivity index (χ0v) is 17.2. The minimum absolute atomic E-state index is 0.116. The number of carbonyl (C=O) groups excluding carboxylic acids is 1. The van der Waals surface area contributed by atoms with Crippen LogP contribution in [0.15, 0.2) is 36.4 Å². The topological polar surface area (TPSA) is 84.2 Å². The van der Waals surface area contributed by atoms with Crippen molar-refractivity contribution in [2.45, 2.75) is 38.8 Å². The van der Waals surface area contributed by atoms with Crippen LogP contribution in [0.5, 0.6) is 0 Å². The molecule has 2 aromatic heterocycles. The zero-order valence-electron chi connectivity index (χ0n) is 17.2. The molecule has 0 radical (unpaired) electrons. The van der Waals surface area contributed by atoms with Crippen LogP contribution < -0.4 is 5.32 Å². The highest BCUT2D eigenvalue weighted by molar-refractivity contribution is 6.00. The number of hydrogen-bond donors (Lipinski definition) is 2. The summed E-state index contributed by atoms with van der Waals surface area (Å²) in [5.41, 5.74) is -2.12. The van der Waals surface area contributed by atoms with Crippen molar-refractivity contribution in [3.63, 3.8) is 0 Å². The normalized spacial score (nSPS) is 13.2. The fourth-order valence-electron chi connectivity index (χ4n) is 3.45. The van der Waals surface area contributed by atoms with E-state index in [2.05, 4.69) is 4.98 Å². The molecule has 33 heavy (non-hydrogen) atoms. The number of carboxylic acids is 1. The van der Waals surface area contributed by atoms with Crippen LogP contribution in [0.1, 0.15) is 50.6 Å². The molecule has 1 aromatic carbocycles. The fraction of sp³-hybridized carbons (Fsp3) is 0.286. The van der Waals surface area contributed by atoms with E-state index in [0.717, 1.165) is 12.1 Å². The number of aryl methyl sites for hydroxylation is 2. The van der Waals surface area contributed by atoms with Gasteiger partial charge in [-0.3, -0.25) is 4.79 Å². The minimum atomic E-state index is -5.09. The molecule has 176 valence electrons. The molecule has 3 aromatic rings. The van der Waals surface area contributed by atoms with Gasteiger partial charge in [0.15, 0.2) is 6.04 Å². The molecule has 12 heteroatoms. The molecule has 1 atom stereocenters. The first-order chi connectivity index (χ1) is 15.2. The minimum Gasteiger partial charge on any atom is -0.478 e. The summed E-state index contributed by atoms with van der Waals surface area (Å²) in [5, 5.41) is 11.2. The van der Waals surface area contributed by atoms with Gasteiger partial charge in [0.2, 0.25) is 0 Å². The average molecular weight is 473 g/mol. The monoisotopic (exact) mass is 473 g/mol. The Morgan fingerprint density at radius 3 is 2.33 bits per heavy atom. The van der Waals surface area contributed by atoms with Crippen LogP contribution in [-0.2, 0) is 12.7 Å². The molecule has 0 aliphatic heterocycles. The van der Waals surface area contributed by atoms with Crippen LogP contribution in [0.3, 0.4) is 0 Å². The van der Waals surface area contributed by atoms with Gasteiger partial charge in [0.05, 0.1) is 16.8 Å². The SMILES string of the molecule is CCn1c(C(=O)NC(c2cccc(C(F)(F)F)c2)C(F)(F)F)cc2cc(C(=O)O)c(C)nc21. The fourth-order valence-corrected chi connectivity index (χ4v) is 3.45. The lowest BCUT2D eigenvalue weighted by Crippen LogP contribution is -2.39. The first-order valence-corrected chi connectivity index (χ1v) is 9.53. The number of alkyl halides is 6. The Labute approximate surface area is 182 Å². The molecule has 0 fully saturated rings. The molecule has 0 spiro atoms. The van der Waals surface area contributed by atoms with Crippen LogP contribution in [0.25, 0.3) is 11.0 Å². The van der Waals surface area contributed by atoms with Gasteiger partial charge >= 0.3 is 18.3 Å². The third kappa shape index (κ3) is 4.78. The molecule has 2 heterocycles. The first-order valence-electron chi connectivity index (χ1n) is 9.53. The second-order valence-corrected chi connectivity index (χ2v) is 7.18. The molecule has 1 amide bonds. The van der Waals surface area contributed by atoms with Gasteiger partial charge in [0.25, 0.3) is 5.91 Å². The molecule has 6 nitrogen and oxygen atoms in total. The van der Waals surface area contributed by atoms with Crippen LogP contribution in [-0.4, -0.2) is 32.7 Å². The number of aromatic carboxylic acids is 1. The number of halogens is 6. The van der Waals surface area contributed by atoms with Crippen LogP contribution in [0.4, 0.5) is 26.3 Å². The van der Waals surface area contributed by atoms with Crippen molar-refractivity contribution in [2.75, 3.05) is 0 Å². The van der Waals surface area contributed by atoms with Gasteiger partial charge in [-0.1, -0.05) is 12.1 Å². The molecule has 1 unspecified atom stereocenters. The van der Waals surface area contributed by atoms with E-state index in [1.165, 1.54) is 23.6 Å². The van der Waals surface area contributed by atoms with Crippen LogP contribution >= 0.6 is 0 Å². The number of rotatable bonds is 5. The number of fused-ring (bicyclic) bond motifs is 1. The van der Waals surface area contributed by atoms with Gasteiger partial charge in [-0.05, 0) is 43.7 Å². The summed E-state index contributed by atoms with van der Waals surface area (Å²) in [7, 11) is 0. The maximum absolute atomic E-state index is 13.7. The Bertz CT molecular complexity index is 1230. The Morgan fingerprint density at radius 1 is 1.12 bits per heavy atom. The van der Waals surface area contributed by atoms with E-state index >= 15 is 0 Å².